The Bertz CT molecular complexity index is 372. The molecule has 0 radical (unpaired) electrons. The van der Waals surface area contributed by atoms with Crippen molar-refractivity contribution in [1.29, 1.82) is 0 Å². The van der Waals surface area contributed by atoms with Crippen molar-refractivity contribution in [2.24, 2.45) is 5.92 Å². The summed E-state index contributed by atoms with van der Waals surface area (Å²) >= 11 is 0. The number of aliphatic hydroxyl groups excluding tert-OH is 1. The third kappa shape index (κ3) is 4.00. The van der Waals surface area contributed by atoms with Crippen molar-refractivity contribution < 1.29 is 15.0 Å². The van der Waals surface area contributed by atoms with Gasteiger partial charge < -0.3 is 20.0 Å². The van der Waals surface area contributed by atoms with E-state index >= 15 is 0 Å². The molecule has 2 fully saturated rings. The molecule has 1 amide bonds. The summed E-state index contributed by atoms with van der Waals surface area (Å²) < 4.78 is 0. The van der Waals surface area contributed by atoms with Crippen LogP contribution in [0.5, 0.6) is 0 Å². The summed E-state index contributed by atoms with van der Waals surface area (Å²) in [6.07, 6.45) is 4.46. The molecule has 1 saturated carbocycles. The first-order valence-electron chi connectivity index (χ1n) is 8.73. The highest BCUT2D eigenvalue weighted by Crippen LogP contribution is 2.33. The van der Waals surface area contributed by atoms with Crippen LogP contribution in [0.15, 0.2) is 0 Å². The van der Waals surface area contributed by atoms with E-state index in [-0.39, 0.29) is 17.9 Å². The van der Waals surface area contributed by atoms with E-state index < -0.39 is 11.7 Å². The standard InChI is InChI=1S/C17H32N2O3/c1-13(2)18(3)16(21)14-6-10-19(11-7-14)12-15(20)17(22)8-4-5-9-17/h13-15,20,22H,4-12H2,1-3H3. The first-order valence-corrected chi connectivity index (χ1v) is 8.73. The van der Waals surface area contributed by atoms with Crippen molar-refractivity contribution in [2.75, 3.05) is 26.7 Å². The lowest BCUT2D eigenvalue weighted by molar-refractivity contribution is -0.137. The van der Waals surface area contributed by atoms with E-state index in [0.29, 0.717) is 19.4 Å². The number of carbonyl (C=O) groups excluding carboxylic acids is 1. The molecular formula is C17H32N2O3. The maximum Gasteiger partial charge on any atom is 0.225 e. The summed E-state index contributed by atoms with van der Waals surface area (Å²) in [5.41, 5.74) is -0.884. The number of aliphatic hydroxyl groups is 2. The number of carbonyl (C=O) groups is 1. The van der Waals surface area contributed by atoms with Crippen LogP contribution in [0.4, 0.5) is 0 Å². The fraction of sp³-hybridized carbons (Fsp3) is 0.941. The summed E-state index contributed by atoms with van der Waals surface area (Å²) in [6.45, 7) is 6.25. The van der Waals surface area contributed by atoms with Gasteiger partial charge in [0, 0.05) is 25.6 Å². The summed E-state index contributed by atoms with van der Waals surface area (Å²) in [5.74, 6) is 0.347. The van der Waals surface area contributed by atoms with Crippen LogP contribution in [0.25, 0.3) is 0 Å². The predicted molar refractivity (Wildman–Crippen MR) is 86.5 cm³/mol. The van der Waals surface area contributed by atoms with E-state index in [9.17, 15) is 15.0 Å². The zero-order valence-corrected chi connectivity index (χ0v) is 14.3. The Morgan fingerprint density at radius 1 is 1.27 bits per heavy atom. The lowest BCUT2D eigenvalue weighted by atomic mass is 9.91. The minimum absolute atomic E-state index is 0.107. The van der Waals surface area contributed by atoms with Crippen molar-refractivity contribution >= 4 is 5.91 Å². The van der Waals surface area contributed by atoms with E-state index in [1.807, 2.05) is 25.8 Å². The third-order valence-electron chi connectivity index (χ3n) is 5.58. The van der Waals surface area contributed by atoms with Gasteiger partial charge in [0.1, 0.15) is 0 Å². The molecule has 0 aromatic carbocycles. The fourth-order valence-corrected chi connectivity index (χ4v) is 3.64. The normalized spacial score (nSPS) is 24.6. The smallest absolute Gasteiger partial charge is 0.225 e. The number of β-amino-alcohol motifs (C(OH)–C–C–N with tert-alkyl or cyclic N) is 1. The van der Waals surface area contributed by atoms with Gasteiger partial charge in [-0.15, -0.1) is 0 Å². The Labute approximate surface area is 134 Å². The molecule has 5 nitrogen and oxygen atoms in total. The Balaban J connectivity index is 1.78. The summed E-state index contributed by atoms with van der Waals surface area (Å²) in [4.78, 5) is 16.4. The Hall–Kier alpha value is -0.650. The van der Waals surface area contributed by atoms with Gasteiger partial charge >= 0.3 is 0 Å². The zero-order valence-electron chi connectivity index (χ0n) is 14.3. The Morgan fingerprint density at radius 3 is 2.32 bits per heavy atom. The van der Waals surface area contributed by atoms with Gasteiger partial charge in [-0.2, -0.15) is 0 Å². The van der Waals surface area contributed by atoms with Crippen LogP contribution < -0.4 is 0 Å². The molecule has 22 heavy (non-hydrogen) atoms. The molecule has 0 bridgehead atoms. The molecule has 1 saturated heterocycles. The van der Waals surface area contributed by atoms with Gasteiger partial charge in [0.15, 0.2) is 0 Å². The minimum atomic E-state index is -0.884. The number of piperidine rings is 1. The monoisotopic (exact) mass is 312 g/mol. The molecule has 1 aliphatic carbocycles. The number of nitrogens with zero attached hydrogens (tertiary/aromatic N) is 2. The van der Waals surface area contributed by atoms with Gasteiger partial charge in [-0.1, -0.05) is 12.8 Å². The molecule has 0 aromatic rings. The average molecular weight is 312 g/mol. The number of hydrogen-bond acceptors (Lipinski definition) is 4. The van der Waals surface area contributed by atoms with Crippen LogP contribution >= 0.6 is 0 Å². The number of hydrogen-bond donors (Lipinski definition) is 2. The van der Waals surface area contributed by atoms with Crippen molar-refractivity contribution in [3.8, 4) is 0 Å². The second-order valence-corrected chi connectivity index (χ2v) is 7.44. The van der Waals surface area contributed by atoms with Crippen LogP contribution in [0.1, 0.15) is 52.4 Å². The summed E-state index contributed by atoms with van der Waals surface area (Å²) in [7, 11) is 1.87. The van der Waals surface area contributed by atoms with Gasteiger partial charge in [0.25, 0.3) is 0 Å². The molecule has 0 aromatic heterocycles. The molecule has 1 aliphatic heterocycles. The fourth-order valence-electron chi connectivity index (χ4n) is 3.64. The quantitative estimate of drug-likeness (QED) is 0.801. The van der Waals surface area contributed by atoms with E-state index in [0.717, 1.165) is 38.8 Å². The zero-order chi connectivity index (χ0) is 16.3. The van der Waals surface area contributed by atoms with Gasteiger partial charge in [-0.25, -0.2) is 0 Å². The molecule has 128 valence electrons. The predicted octanol–water partition coefficient (Wildman–Crippen LogP) is 1.23. The second kappa shape index (κ2) is 7.28. The highest BCUT2D eigenvalue weighted by atomic mass is 16.3. The SMILES string of the molecule is CC(C)N(C)C(=O)C1CCN(CC(O)C2(O)CCCC2)CC1. The lowest BCUT2D eigenvalue weighted by Crippen LogP contribution is -2.50. The highest BCUT2D eigenvalue weighted by molar-refractivity contribution is 5.78. The topological polar surface area (TPSA) is 64.0 Å². The van der Waals surface area contributed by atoms with Crippen molar-refractivity contribution in [3.05, 3.63) is 0 Å². The van der Waals surface area contributed by atoms with Gasteiger partial charge in [0.2, 0.25) is 5.91 Å². The second-order valence-electron chi connectivity index (χ2n) is 7.44. The molecule has 5 heteroatoms. The maximum atomic E-state index is 12.3. The number of rotatable bonds is 5. The van der Waals surface area contributed by atoms with Gasteiger partial charge in [0.05, 0.1) is 11.7 Å². The van der Waals surface area contributed by atoms with E-state index in [2.05, 4.69) is 4.90 Å². The van der Waals surface area contributed by atoms with Crippen molar-refractivity contribution in [1.82, 2.24) is 9.80 Å². The molecule has 2 aliphatic rings. The lowest BCUT2D eigenvalue weighted by Gasteiger charge is -2.37. The van der Waals surface area contributed by atoms with Crippen LogP contribution in [0.3, 0.4) is 0 Å². The minimum Gasteiger partial charge on any atom is -0.389 e. The van der Waals surface area contributed by atoms with Crippen LogP contribution in [0, 0.1) is 5.92 Å². The van der Waals surface area contributed by atoms with E-state index in [1.54, 1.807) is 0 Å². The van der Waals surface area contributed by atoms with Crippen molar-refractivity contribution in [3.63, 3.8) is 0 Å². The highest BCUT2D eigenvalue weighted by Gasteiger charge is 2.39. The first-order chi connectivity index (χ1) is 10.3. The van der Waals surface area contributed by atoms with Gasteiger partial charge in [-0.3, -0.25) is 4.79 Å². The van der Waals surface area contributed by atoms with Crippen molar-refractivity contribution in [2.45, 2.75) is 70.1 Å². The number of amides is 1. The summed E-state index contributed by atoms with van der Waals surface area (Å²) in [6, 6.07) is 0.240. The third-order valence-corrected chi connectivity index (χ3v) is 5.58. The Morgan fingerprint density at radius 2 is 1.82 bits per heavy atom. The van der Waals surface area contributed by atoms with Crippen LogP contribution in [-0.4, -0.2) is 70.3 Å². The molecule has 1 unspecified atom stereocenters. The Kier molecular flexibility index (Phi) is 5.86. The molecule has 1 atom stereocenters. The van der Waals surface area contributed by atoms with E-state index in [1.165, 1.54) is 0 Å². The molecule has 2 rings (SSSR count). The van der Waals surface area contributed by atoms with Crippen LogP contribution in [0.2, 0.25) is 0 Å². The largest absolute Gasteiger partial charge is 0.389 e. The molecular weight excluding hydrogens is 280 g/mol. The first kappa shape index (κ1) is 17.7. The van der Waals surface area contributed by atoms with Crippen LogP contribution in [-0.2, 0) is 4.79 Å². The maximum absolute atomic E-state index is 12.3. The molecule has 1 heterocycles. The van der Waals surface area contributed by atoms with E-state index in [4.69, 9.17) is 0 Å². The molecule has 0 spiro atoms. The molecule has 2 N–H and O–H groups in total. The van der Waals surface area contributed by atoms with Gasteiger partial charge in [-0.05, 0) is 52.6 Å². The number of likely N-dealkylation sites (tertiary alicyclic amines) is 1. The summed E-state index contributed by atoms with van der Waals surface area (Å²) in [5, 5.41) is 20.8. The average Bonchev–Trinajstić information content (AvgIpc) is 2.94.